The molecule has 7 heteroatoms. The van der Waals surface area contributed by atoms with E-state index in [0.717, 1.165) is 17.1 Å². The Hall–Kier alpha value is -2.41. The van der Waals surface area contributed by atoms with Crippen LogP contribution >= 0.6 is 11.3 Å². The molecule has 0 radical (unpaired) electrons. The number of aromatic nitrogens is 1. The molecule has 1 heterocycles. The molecule has 0 aliphatic carbocycles. The number of carbonyl (C=O) groups is 2. The quantitative estimate of drug-likeness (QED) is 0.712. The SMILES string of the molecule is CCOC(=O)c1sc(NC(=O)CCOc2ccc(C(C)(C)C)cc2)nc1C. The van der Waals surface area contributed by atoms with E-state index in [-0.39, 0.29) is 24.3 Å². The van der Waals surface area contributed by atoms with Crippen molar-refractivity contribution in [2.24, 2.45) is 0 Å². The van der Waals surface area contributed by atoms with Crippen molar-refractivity contribution in [2.45, 2.75) is 46.5 Å². The van der Waals surface area contributed by atoms with Gasteiger partial charge in [-0.05, 0) is 37.0 Å². The molecule has 0 bridgehead atoms. The highest BCUT2D eigenvalue weighted by Gasteiger charge is 2.17. The summed E-state index contributed by atoms with van der Waals surface area (Å²) in [5.41, 5.74) is 1.86. The zero-order valence-corrected chi connectivity index (χ0v) is 17.2. The highest BCUT2D eigenvalue weighted by molar-refractivity contribution is 7.17. The second-order valence-electron chi connectivity index (χ2n) is 7.08. The maximum absolute atomic E-state index is 12.1. The Kier molecular flexibility index (Phi) is 6.96. The highest BCUT2D eigenvalue weighted by Crippen LogP contribution is 2.25. The summed E-state index contributed by atoms with van der Waals surface area (Å²) >= 11 is 1.11. The van der Waals surface area contributed by atoms with Crippen LogP contribution in [-0.2, 0) is 14.9 Å². The van der Waals surface area contributed by atoms with Crippen molar-refractivity contribution >= 4 is 28.3 Å². The fraction of sp³-hybridized carbons (Fsp3) is 0.450. The molecule has 0 fully saturated rings. The van der Waals surface area contributed by atoms with Crippen LogP contribution in [0, 0.1) is 6.92 Å². The Labute approximate surface area is 163 Å². The third-order valence-corrected chi connectivity index (χ3v) is 4.87. The number of thiazole rings is 1. The van der Waals surface area contributed by atoms with Crippen molar-refractivity contribution in [3.8, 4) is 5.75 Å². The summed E-state index contributed by atoms with van der Waals surface area (Å²) in [6.07, 6.45) is 0.189. The first kappa shape index (κ1) is 20.9. The summed E-state index contributed by atoms with van der Waals surface area (Å²) in [4.78, 5) is 28.5. The van der Waals surface area contributed by atoms with Gasteiger partial charge in [0.2, 0.25) is 5.91 Å². The number of anilines is 1. The molecular formula is C20H26N2O4S. The number of rotatable bonds is 7. The number of esters is 1. The van der Waals surface area contributed by atoms with Crippen molar-refractivity contribution in [1.29, 1.82) is 0 Å². The summed E-state index contributed by atoms with van der Waals surface area (Å²) in [6, 6.07) is 7.89. The van der Waals surface area contributed by atoms with Crippen LogP contribution in [0.25, 0.3) is 0 Å². The van der Waals surface area contributed by atoms with Crippen LogP contribution in [0.1, 0.15) is 55.0 Å². The van der Waals surface area contributed by atoms with E-state index >= 15 is 0 Å². The van der Waals surface area contributed by atoms with E-state index in [4.69, 9.17) is 9.47 Å². The van der Waals surface area contributed by atoms with Crippen LogP contribution in [0.3, 0.4) is 0 Å². The minimum absolute atomic E-state index is 0.0899. The Morgan fingerprint density at radius 3 is 2.44 bits per heavy atom. The summed E-state index contributed by atoms with van der Waals surface area (Å²) in [5, 5.41) is 3.08. The third-order valence-electron chi connectivity index (χ3n) is 3.82. The van der Waals surface area contributed by atoms with Gasteiger partial charge in [-0.15, -0.1) is 0 Å². The van der Waals surface area contributed by atoms with E-state index in [1.165, 1.54) is 5.56 Å². The van der Waals surface area contributed by atoms with Gasteiger partial charge in [0.25, 0.3) is 0 Å². The number of amides is 1. The van der Waals surface area contributed by atoms with Gasteiger partial charge >= 0.3 is 5.97 Å². The van der Waals surface area contributed by atoms with Crippen molar-refractivity contribution in [2.75, 3.05) is 18.5 Å². The molecule has 1 amide bonds. The Bertz CT molecular complexity index is 791. The summed E-state index contributed by atoms with van der Waals surface area (Å²) < 4.78 is 10.6. The van der Waals surface area contributed by atoms with Crippen molar-refractivity contribution in [3.63, 3.8) is 0 Å². The molecule has 0 atom stereocenters. The van der Waals surface area contributed by atoms with E-state index in [0.29, 0.717) is 22.3 Å². The zero-order valence-electron chi connectivity index (χ0n) is 16.4. The van der Waals surface area contributed by atoms with Crippen LogP contribution in [0.5, 0.6) is 5.75 Å². The number of nitrogens with zero attached hydrogens (tertiary/aromatic N) is 1. The molecule has 0 spiro atoms. The second kappa shape index (κ2) is 8.99. The second-order valence-corrected chi connectivity index (χ2v) is 8.07. The van der Waals surface area contributed by atoms with Gasteiger partial charge in [-0.1, -0.05) is 44.2 Å². The molecule has 0 unspecified atom stereocenters. The summed E-state index contributed by atoms with van der Waals surface area (Å²) in [6.45, 7) is 10.5. The average molecular weight is 391 g/mol. The Balaban J connectivity index is 1.83. The van der Waals surface area contributed by atoms with Crippen LogP contribution < -0.4 is 10.1 Å². The normalized spacial score (nSPS) is 11.1. The van der Waals surface area contributed by atoms with E-state index in [1.807, 2.05) is 24.3 Å². The van der Waals surface area contributed by atoms with Gasteiger partial charge < -0.3 is 14.8 Å². The molecular weight excluding hydrogens is 364 g/mol. The first-order chi connectivity index (χ1) is 12.7. The lowest BCUT2D eigenvalue weighted by molar-refractivity contribution is -0.116. The van der Waals surface area contributed by atoms with E-state index in [2.05, 4.69) is 31.1 Å². The first-order valence-electron chi connectivity index (χ1n) is 8.88. The molecule has 2 rings (SSSR count). The minimum Gasteiger partial charge on any atom is -0.493 e. The van der Waals surface area contributed by atoms with E-state index < -0.39 is 5.97 Å². The van der Waals surface area contributed by atoms with Crippen molar-refractivity contribution in [3.05, 3.63) is 40.4 Å². The number of carbonyl (C=O) groups excluding carboxylic acids is 2. The van der Waals surface area contributed by atoms with Crippen molar-refractivity contribution < 1.29 is 19.1 Å². The van der Waals surface area contributed by atoms with E-state index in [1.54, 1.807) is 13.8 Å². The highest BCUT2D eigenvalue weighted by atomic mass is 32.1. The predicted octanol–water partition coefficient (Wildman–Crippen LogP) is 4.33. The fourth-order valence-corrected chi connectivity index (χ4v) is 3.21. The van der Waals surface area contributed by atoms with Gasteiger partial charge in [0, 0.05) is 0 Å². The number of hydrogen-bond acceptors (Lipinski definition) is 6. The van der Waals surface area contributed by atoms with Crippen molar-refractivity contribution in [1.82, 2.24) is 4.98 Å². The fourth-order valence-electron chi connectivity index (χ4n) is 2.33. The van der Waals surface area contributed by atoms with Gasteiger partial charge in [0.1, 0.15) is 10.6 Å². The first-order valence-corrected chi connectivity index (χ1v) is 9.70. The number of benzene rings is 1. The molecule has 0 saturated heterocycles. The molecule has 0 aliphatic rings. The van der Waals surface area contributed by atoms with Crippen LogP contribution in [-0.4, -0.2) is 30.1 Å². The average Bonchev–Trinajstić information content (AvgIpc) is 2.95. The molecule has 1 aromatic carbocycles. The van der Waals surface area contributed by atoms with Crippen LogP contribution in [0.15, 0.2) is 24.3 Å². The maximum Gasteiger partial charge on any atom is 0.350 e. The van der Waals surface area contributed by atoms with E-state index in [9.17, 15) is 9.59 Å². The number of ether oxygens (including phenoxy) is 2. The molecule has 146 valence electrons. The lowest BCUT2D eigenvalue weighted by Crippen LogP contribution is -2.15. The van der Waals surface area contributed by atoms with Gasteiger partial charge in [0.05, 0.1) is 25.3 Å². The Morgan fingerprint density at radius 2 is 1.85 bits per heavy atom. The molecule has 2 aromatic rings. The molecule has 0 saturated carbocycles. The Morgan fingerprint density at radius 1 is 1.19 bits per heavy atom. The number of aryl methyl sites for hydroxylation is 1. The number of hydrogen-bond donors (Lipinski definition) is 1. The van der Waals surface area contributed by atoms with Gasteiger partial charge in [-0.3, -0.25) is 4.79 Å². The molecule has 1 N–H and O–H groups in total. The smallest absolute Gasteiger partial charge is 0.350 e. The topological polar surface area (TPSA) is 77.5 Å². The lowest BCUT2D eigenvalue weighted by Gasteiger charge is -2.19. The molecule has 1 aromatic heterocycles. The monoisotopic (exact) mass is 390 g/mol. The van der Waals surface area contributed by atoms with Gasteiger partial charge in [0.15, 0.2) is 5.13 Å². The molecule has 0 aliphatic heterocycles. The van der Waals surface area contributed by atoms with Gasteiger partial charge in [-0.2, -0.15) is 0 Å². The lowest BCUT2D eigenvalue weighted by atomic mass is 9.87. The van der Waals surface area contributed by atoms with Crippen LogP contribution in [0.2, 0.25) is 0 Å². The molecule has 6 nitrogen and oxygen atoms in total. The largest absolute Gasteiger partial charge is 0.493 e. The maximum atomic E-state index is 12.1. The third kappa shape index (κ3) is 6.06. The standard InChI is InChI=1S/C20H26N2O4S/c1-6-25-18(24)17-13(2)21-19(27-17)22-16(23)11-12-26-15-9-7-14(8-10-15)20(3,4)5/h7-10H,6,11-12H2,1-5H3,(H,21,22,23). The molecule has 27 heavy (non-hydrogen) atoms. The van der Waals surface area contributed by atoms with Gasteiger partial charge in [-0.25, -0.2) is 9.78 Å². The minimum atomic E-state index is -0.421. The zero-order chi connectivity index (χ0) is 20.0. The van der Waals surface area contributed by atoms with Crippen LogP contribution in [0.4, 0.5) is 5.13 Å². The number of nitrogens with one attached hydrogen (secondary N) is 1. The predicted molar refractivity (Wildman–Crippen MR) is 107 cm³/mol. The summed E-state index contributed by atoms with van der Waals surface area (Å²) in [5.74, 6) is 0.0889. The summed E-state index contributed by atoms with van der Waals surface area (Å²) in [7, 11) is 0.